The van der Waals surface area contributed by atoms with Gasteiger partial charge in [0.25, 0.3) is 0 Å². The van der Waals surface area contributed by atoms with Crippen molar-refractivity contribution in [1.82, 2.24) is 4.98 Å². The van der Waals surface area contributed by atoms with E-state index in [9.17, 15) is 9.90 Å². The molecule has 0 atom stereocenters. The molecule has 0 saturated heterocycles. The van der Waals surface area contributed by atoms with Gasteiger partial charge in [0.1, 0.15) is 12.4 Å². The van der Waals surface area contributed by atoms with E-state index in [0.29, 0.717) is 33.8 Å². The zero-order valence-electron chi connectivity index (χ0n) is 20.1. The molecule has 3 aromatic carbocycles. The summed E-state index contributed by atoms with van der Waals surface area (Å²) in [6.07, 6.45) is 0. The zero-order valence-corrected chi connectivity index (χ0v) is 22.9. The summed E-state index contributed by atoms with van der Waals surface area (Å²) in [7, 11) is 0. The van der Waals surface area contributed by atoms with Crippen molar-refractivity contribution in [1.29, 1.82) is 0 Å². The fraction of sp³-hybridized carbons (Fsp3) is 0.143. The monoisotopic (exact) mass is 505 g/mol. The Morgan fingerprint density at radius 1 is 1.06 bits per heavy atom. The number of nitrogens with zero attached hydrogens (tertiary/aromatic N) is 1. The van der Waals surface area contributed by atoms with E-state index < -0.39 is 5.97 Å². The smallest absolute Gasteiger partial charge is 0.545 e. The molecule has 0 N–H and O–H groups in total. The summed E-state index contributed by atoms with van der Waals surface area (Å²) in [5.74, 6) is 0.535. The van der Waals surface area contributed by atoms with Crippen LogP contribution in [0.5, 0.6) is 17.2 Å². The number of hydrogen-bond donors (Lipinski definition) is 0. The predicted molar refractivity (Wildman–Crippen MR) is 133 cm³/mol. The van der Waals surface area contributed by atoms with E-state index in [4.69, 9.17) is 19.2 Å². The Bertz CT molecular complexity index is 1640. The molecule has 174 valence electrons. The van der Waals surface area contributed by atoms with Gasteiger partial charge in [-0.3, -0.25) is 0 Å². The summed E-state index contributed by atoms with van der Waals surface area (Å²) < 4.78 is 18.0. The number of carbonyl (C=O) groups is 1. The van der Waals surface area contributed by atoms with Crippen LogP contribution in [0, 0.1) is 13.8 Å². The van der Waals surface area contributed by atoms with Crippen LogP contribution >= 0.6 is 11.3 Å². The van der Waals surface area contributed by atoms with Crippen LogP contribution < -0.4 is 48.9 Å². The van der Waals surface area contributed by atoms with Crippen molar-refractivity contribution in [2.45, 2.75) is 20.5 Å². The third-order valence-corrected chi connectivity index (χ3v) is 7.55. The maximum atomic E-state index is 12.3. The minimum absolute atomic E-state index is 0. The Balaban J connectivity index is 0.00000267. The molecule has 5 aromatic rings. The van der Waals surface area contributed by atoms with Crippen molar-refractivity contribution >= 4 is 38.3 Å². The Labute approximate surface area is 233 Å². The molecular weight excluding hydrogens is 485 g/mol. The van der Waals surface area contributed by atoms with Crippen molar-refractivity contribution in [3.8, 4) is 27.8 Å². The average Bonchev–Trinajstić information content (AvgIpc) is 3.47. The molecule has 1 aliphatic rings. The van der Waals surface area contributed by atoms with Gasteiger partial charge in [-0.25, -0.2) is 4.98 Å². The molecule has 1 aliphatic heterocycles. The number of rotatable bonds is 5. The summed E-state index contributed by atoms with van der Waals surface area (Å²) in [5, 5.41) is 13.9. The molecule has 0 spiro atoms. The van der Waals surface area contributed by atoms with Crippen LogP contribution in [0.2, 0.25) is 0 Å². The van der Waals surface area contributed by atoms with Gasteiger partial charge < -0.3 is 24.1 Å². The molecule has 6 rings (SSSR count). The van der Waals surface area contributed by atoms with Gasteiger partial charge in [0.05, 0.1) is 27.4 Å². The predicted octanol–water partition coefficient (Wildman–Crippen LogP) is 2.41. The number of aromatic nitrogens is 1. The number of thiophene rings is 1. The molecule has 0 amide bonds. The maximum absolute atomic E-state index is 12.3. The van der Waals surface area contributed by atoms with Crippen LogP contribution in [-0.2, 0) is 6.61 Å². The Kier molecular flexibility index (Phi) is 6.66. The number of benzene rings is 3. The second kappa shape index (κ2) is 9.75. The van der Waals surface area contributed by atoms with E-state index in [-0.39, 0.29) is 48.5 Å². The number of hydrogen-bond acceptors (Lipinski definition) is 7. The van der Waals surface area contributed by atoms with Crippen LogP contribution in [0.3, 0.4) is 0 Å². The topological polar surface area (TPSA) is 80.7 Å². The minimum atomic E-state index is -1.27. The summed E-state index contributed by atoms with van der Waals surface area (Å²) in [4.78, 5) is 18.2. The SMILES string of the molecule is Cc1c(-c2cc(C(=O)[O-])c3c(OCc4ccc5c(c4)OCO5)ccc(C)c3n2)sc2ccccc12.[Na+]. The molecule has 36 heavy (non-hydrogen) atoms. The number of carbonyl (C=O) groups excluding carboxylic acids is 1. The van der Waals surface area contributed by atoms with Gasteiger partial charge in [-0.05, 0) is 66.3 Å². The molecule has 8 heteroatoms. The third-order valence-electron chi connectivity index (χ3n) is 6.25. The van der Waals surface area contributed by atoms with Crippen LogP contribution in [-0.4, -0.2) is 17.7 Å². The molecule has 2 aromatic heterocycles. The summed E-state index contributed by atoms with van der Waals surface area (Å²) >= 11 is 1.60. The molecule has 3 heterocycles. The number of ether oxygens (including phenoxy) is 3. The maximum Gasteiger partial charge on any atom is 1.00 e. The van der Waals surface area contributed by atoms with Gasteiger partial charge in [0.15, 0.2) is 11.5 Å². The number of aryl methyl sites for hydroxylation is 2. The third kappa shape index (κ3) is 4.22. The minimum Gasteiger partial charge on any atom is -0.545 e. The van der Waals surface area contributed by atoms with Crippen molar-refractivity contribution in [3.05, 3.63) is 82.9 Å². The first-order valence-electron chi connectivity index (χ1n) is 11.1. The van der Waals surface area contributed by atoms with E-state index in [2.05, 4.69) is 12.1 Å². The van der Waals surface area contributed by atoms with E-state index in [0.717, 1.165) is 31.7 Å². The fourth-order valence-electron chi connectivity index (χ4n) is 4.45. The zero-order chi connectivity index (χ0) is 24.1. The Hall–Kier alpha value is -3.10. The van der Waals surface area contributed by atoms with Gasteiger partial charge in [0.2, 0.25) is 6.79 Å². The van der Waals surface area contributed by atoms with Crippen LogP contribution in [0.15, 0.2) is 60.7 Å². The van der Waals surface area contributed by atoms with Gasteiger partial charge in [-0.15, -0.1) is 11.3 Å². The summed E-state index contributed by atoms with van der Waals surface area (Å²) in [5.41, 5.74) is 4.08. The molecule has 0 aliphatic carbocycles. The van der Waals surface area contributed by atoms with Gasteiger partial charge in [0, 0.05) is 10.3 Å². The normalized spacial score (nSPS) is 12.1. The van der Waals surface area contributed by atoms with Crippen molar-refractivity contribution in [3.63, 3.8) is 0 Å². The largest absolute Gasteiger partial charge is 1.00 e. The van der Waals surface area contributed by atoms with Crippen molar-refractivity contribution < 1.29 is 53.7 Å². The second-order valence-electron chi connectivity index (χ2n) is 8.48. The quantitative estimate of drug-likeness (QED) is 0.342. The molecule has 0 saturated carbocycles. The molecular formula is C28H20NNaO5S. The van der Waals surface area contributed by atoms with Crippen LogP contribution in [0.1, 0.15) is 27.0 Å². The first-order chi connectivity index (χ1) is 17.0. The standard InChI is InChI=1S/C28H21NO5S.Na/c1-15-7-9-22(32-13-17-8-10-21-23(11-17)34-14-33-21)25-19(28(30)31)12-20(29-26(15)25)27-16(2)18-5-3-4-6-24(18)35-27;/h3-12H,13-14H2,1-2H3,(H,30,31);/q;+1/p-1. The first kappa shape index (κ1) is 24.6. The number of carboxylic acid groups (broad SMARTS) is 1. The van der Waals surface area contributed by atoms with Crippen molar-refractivity contribution in [2.24, 2.45) is 0 Å². The average molecular weight is 506 g/mol. The van der Waals surface area contributed by atoms with E-state index in [1.54, 1.807) is 23.5 Å². The summed E-state index contributed by atoms with van der Waals surface area (Å²) in [6.45, 7) is 4.39. The van der Waals surface area contributed by atoms with E-state index >= 15 is 0 Å². The van der Waals surface area contributed by atoms with E-state index in [1.807, 2.05) is 50.2 Å². The Morgan fingerprint density at radius 3 is 2.67 bits per heavy atom. The van der Waals surface area contributed by atoms with Crippen LogP contribution in [0.25, 0.3) is 31.6 Å². The fourth-order valence-corrected chi connectivity index (χ4v) is 5.62. The van der Waals surface area contributed by atoms with E-state index in [1.165, 1.54) is 0 Å². The number of carboxylic acids is 1. The molecule has 0 bridgehead atoms. The van der Waals surface area contributed by atoms with Gasteiger partial charge in [-0.2, -0.15) is 0 Å². The van der Waals surface area contributed by atoms with Crippen molar-refractivity contribution in [2.75, 3.05) is 6.79 Å². The number of pyridine rings is 1. The van der Waals surface area contributed by atoms with Gasteiger partial charge >= 0.3 is 29.6 Å². The molecule has 6 nitrogen and oxygen atoms in total. The first-order valence-corrected chi connectivity index (χ1v) is 12.0. The number of aromatic carboxylic acids is 1. The number of fused-ring (bicyclic) bond motifs is 3. The second-order valence-corrected chi connectivity index (χ2v) is 9.53. The van der Waals surface area contributed by atoms with Gasteiger partial charge in [-0.1, -0.05) is 30.3 Å². The van der Waals surface area contributed by atoms with Crippen LogP contribution in [0.4, 0.5) is 0 Å². The molecule has 0 radical (unpaired) electrons. The molecule has 0 unspecified atom stereocenters. The summed E-state index contributed by atoms with van der Waals surface area (Å²) in [6, 6.07) is 19.0. The Morgan fingerprint density at radius 2 is 1.86 bits per heavy atom. The molecule has 0 fully saturated rings.